The number of aromatic hydroxyl groups is 1. The first-order chi connectivity index (χ1) is 13.8. The average Bonchev–Trinajstić information content (AvgIpc) is 3.23. The summed E-state index contributed by atoms with van der Waals surface area (Å²) in [6, 6.07) is 4.93. The quantitative estimate of drug-likeness (QED) is 0.647. The molecule has 1 aliphatic heterocycles. The molecule has 0 unspecified atom stereocenters. The van der Waals surface area contributed by atoms with E-state index in [1.807, 2.05) is 6.92 Å². The average molecular weight is 424 g/mol. The van der Waals surface area contributed by atoms with Crippen LogP contribution in [0.1, 0.15) is 54.6 Å². The van der Waals surface area contributed by atoms with Gasteiger partial charge in [0.1, 0.15) is 0 Å². The van der Waals surface area contributed by atoms with Crippen LogP contribution in [0.4, 0.5) is 13.2 Å². The predicted octanol–water partition coefficient (Wildman–Crippen LogP) is 4.90. The van der Waals surface area contributed by atoms with Crippen LogP contribution >= 0.6 is 11.3 Å². The van der Waals surface area contributed by atoms with Crippen molar-refractivity contribution in [2.75, 3.05) is 13.1 Å². The summed E-state index contributed by atoms with van der Waals surface area (Å²) in [5.74, 6) is 1.16. The second kappa shape index (κ2) is 7.60. The molecule has 0 amide bonds. The maximum atomic E-state index is 13.3. The first-order valence-corrected chi connectivity index (χ1v) is 10.6. The van der Waals surface area contributed by atoms with Crippen molar-refractivity contribution in [3.05, 3.63) is 46.1 Å². The number of thiazole rings is 1. The van der Waals surface area contributed by atoms with Crippen molar-refractivity contribution in [1.82, 2.24) is 19.5 Å². The van der Waals surface area contributed by atoms with Gasteiger partial charge in [0.2, 0.25) is 10.8 Å². The molecule has 1 atom stereocenters. The minimum atomic E-state index is -4.42. The molecule has 156 valence electrons. The molecule has 0 spiro atoms. The van der Waals surface area contributed by atoms with Crippen molar-refractivity contribution in [2.45, 2.75) is 45.3 Å². The van der Waals surface area contributed by atoms with Crippen molar-refractivity contribution < 1.29 is 18.3 Å². The summed E-state index contributed by atoms with van der Waals surface area (Å²) in [4.78, 5) is 7.70. The fraction of sp³-hybridized carbons (Fsp3) is 0.500. The molecule has 1 fully saturated rings. The molecule has 0 aliphatic carbocycles. The summed E-state index contributed by atoms with van der Waals surface area (Å²) in [5, 5.41) is 15.2. The molecule has 0 radical (unpaired) electrons. The van der Waals surface area contributed by atoms with Gasteiger partial charge < -0.3 is 5.11 Å². The number of benzene rings is 1. The summed E-state index contributed by atoms with van der Waals surface area (Å²) in [5.41, 5.74) is -0.164. The molecule has 0 saturated carbocycles. The Bertz CT molecular complexity index is 1000. The molecular weight excluding hydrogens is 401 g/mol. The van der Waals surface area contributed by atoms with Gasteiger partial charge in [0.05, 0.1) is 16.5 Å². The Kier molecular flexibility index (Phi) is 5.29. The molecule has 1 N–H and O–H groups in total. The first-order valence-electron chi connectivity index (χ1n) is 9.76. The monoisotopic (exact) mass is 424 g/mol. The van der Waals surface area contributed by atoms with Crippen LogP contribution in [0.2, 0.25) is 0 Å². The smallest absolute Gasteiger partial charge is 0.416 e. The zero-order valence-electron chi connectivity index (χ0n) is 16.3. The van der Waals surface area contributed by atoms with Gasteiger partial charge in [-0.05, 0) is 49.5 Å². The number of nitrogens with zero attached hydrogens (tertiary/aromatic N) is 4. The van der Waals surface area contributed by atoms with Crippen molar-refractivity contribution in [3.63, 3.8) is 0 Å². The van der Waals surface area contributed by atoms with Gasteiger partial charge in [0.25, 0.3) is 0 Å². The Morgan fingerprint density at radius 3 is 2.62 bits per heavy atom. The lowest BCUT2D eigenvalue weighted by Crippen LogP contribution is -2.36. The van der Waals surface area contributed by atoms with Crippen molar-refractivity contribution in [3.8, 4) is 5.88 Å². The Morgan fingerprint density at radius 1 is 1.28 bits per heavy atom. The van der Waals surface area contributed by atoms with Crippen LogP contribution in [0.15, 0.2) is 24.3 Å². The number of hydrogen-bond donors (Lipinski definition) is 1. The van der Waals surface area contributed by atoms with E-state index in [2.05, 4.69) is 21.9 Å². The van der Waals surface area contributed by atoms with Crippen LogP contribution in [-0.2, 0) is 12.6 Å². The number of piperidine rings is 1. The summed E-state index contributed by atoms with van der Waals surface area (Å²) < 4.78 is 41.4. The molecule has 3 heterocycles. The third kappa shape index (κ3) is 3.85. The molecule has 4 rings (SSSR count). The van der Waals surface area contributed by atoms with Crippen LogP contribution in [-0.4, -0.2) is 37.7 Å². The number of hydrogen-bond acceptors (Lipinski definition) is 5. The molecule has 1 aromatic carbocycles. The molecular formula is C20H23F3N4OS. The molecule has 9 heteroatoms. The van der Waals surface area contributed by atoms with Gasteiger partial charge in [-0.1, -0.05) is 37.3 Å². The second-order valence-corrected chi connectivity index (χ2v) is 8.62. The van der Waals surface area contributed by atoms with Gasteiger partial charge in [-0.3, -0.25) is 4.90 Å². The highest BCUT2D eigenvalue weighted by Gasteiger charge is 2.35. The normalized spacial score (nSPS) is 17.8. The summed E-state index contributed by atoms with van der Waals surface area (Å²) in [6.45, 7) is 5.63. The highest BCUT2D eigenvalue weighted by Crippen LogP contribution is 2.42. The van der Waals surface area contributed by atoms with Crippen LogP contribution in [0, 0.1) is 5.92 Å². The SMILES string of the molecule is CCc1nc2sc([C@@H](c3cccc(C(F)(F)F)c3)N3CCC(C)CC3)c(O)n2n1. The molecule has 1 aliphatic rings. The Morgan fingerprint density at radius 2 is 2.00 bits per heavy atom. The van der Waals surface area contributed by atoms with Crippen LogP contribution < -0.4 is 0 Å². The van der Waals surface area contributed by atoms with Crippen molar-refractivity contribution >= 4 is 16.3 Å². The van der Waals surface area contributed by atoms with Gasteiger partial charge in [-0.15, -0.1) is 5.10 Å². The first kappa shape index (κ1) is 20.2. The fourth-order valence-electron chi connectivity index (χ4n) is 3.82. The zero-order chi connectivity index (χ0) is 20.8. The number of aromatic nitrogens is 3. The molecule has 1 saturated heterocycles. The van der Waals surface area contributed by atoms with E-state index in [0.717, 1.165) is 32.0 Å². The van der Waals surface area contributed by atoms with E-state index >= 15 is 0 Å². The number of halogens is 3. The summed E-state index contributed by atoms with van der Waals surface area (Å²) in [7, 11) is 0. The van der Waals surface area contributed by atoms with Crippen molar-refractivity contribution in [1.29, 1.82) is 0 Å². The maximum absolute atomic E-state index is 13.3. The number of alkyl halides is 3. The van der Waals surface area contributed by atoms with E-state index in [9.17, 15) is 18.3 Å². The van der Waals surface area contributed by atoms with Gasteiger partial charge in [-0.2, -0.15) is 17.7 Å². The molecule has 29 heavy (non-hydrogen) atoms. The molecule has 0 bridgehead atoms. The van der Waals surface area contributed by atoms with E-state index in [1.165, 1.54) is 28.0 Å². The van der Waals surface area contributed by atoms with Gasteiger partial charge in [0.15, 0.2) is 5.82 Å². The van der Waals surface area contributed by atoms with Crippen molar-refractivity contribution in [2.24, 2.45) is 5.92 Å². The molecule has 5 nitrogen and oxygen atoms in total. The Balaban J connectivity index is 1.81. The Labute approximate surface area is 170 Å². The summed E-state index contributed by atoms with van der Waals surface area (Å²) in [6.07, 6.45) is -1.83. The third-order valence-corrected chi connectivity index (χ3v) is 6.59. The standard InChI is InChI=1S/C20H23F3N4OS/c1-3-15-24-19-27(25-15)18(28)17(29-19)16(26-9-7-12(2)8-10-26)13-5-4-6-14(11-13)20(21,22)23/h4-6,11-12,16,28H,3,7-10H2,1-2H3/t16-/m1/s1. The summed E-state index contributed by atoms with van der Waals surface area (Å²) >= 11 is 1.29. The third-order valence-electron chi connectivity index (χ3n) is 5.52. The van der Waals surface area contributed by atoms with Gasteiger partial charge in [0, 0.05) is 6.42 Å². The highest BCUT2D eigenvalue weighted by atomic mass is 32.1. The lowest BCUT2D eigenvalue weighted by atomic mass is 9.94. The van der Waals surface area contributed by atoms with E-state index in [1.54, 1.807) is 6.07 Å². The zero-order valence-corrected chi connectivity index (χ0v) is 17.1. The number of aryl methyl sites for hydroxylation is 1. The largest absolute Gasteiger partial charge is 0.492 e. The van der Waals surface area contributed by atoms with E-state index in [0.29, 0.717) is 33.6 Å². The van der Waals surface area contributed by atoms with Crippen LogP contribution in [0.25, 0.3) is 4.96 Å². The lowest BCUT2D eigenvalue weighted by molar-refractivity contribution is -0.137. The maximum Gasteiger partial charge on any atom is 0.416 e. The van der Waals surface area contributed by atoms with Crippen LogP contribution in [0.3, 0.4) is 0 Å². The second-order valence-electron chi connectivity index (χ2n) is 7.61. The Hall–Kier alpha value is -2.13. The number of likely N-dealkylation sites (tertiary alicyclic amines) is 1. The highest BCUT2D eigenvalue weighted by molar-refractivity contribution is 7.17. The van der Waals surface area contributed by atoms with E-state index in [4.69, 9.17) is 0 Å². The minimum Gasteiger partial charge on any atom is -0.492 e. The van der Waals surface area contributed by atoms with Crippen LogP contribution in [0.5, 0.6) is 5.88 Å². The molecule has 3 aromatic rings. The topological polar surface area (TPSA) is 53.7 Å². The van der Waals surface area contributed by atoms with Gasteiger partial charge in [-0.25, -0.2) is 4.98 Å². The van der Waals surface area contributed by atoms with E-state index < -0.39 is 17.8 Å². The lowest BCUT2D eigenvalue weighted by Gasteiger charge is -2.36. The van der Waals surface area contributed by atoms with Gasteiger partial charge >= 0.3 is 6.18 Å². The number of rotatable bonds is 4. The van der Waals surface area contributed by atoms with E-state index in [-0.39, 0.29) is 5.88 Å². The minimum absolute atomic E-state index is 0.0433. The number of fused-ring (bicyclic) bond motifs is 1. The predicted molar refractivity (Wildman–Crippen MR) is 105 cm³/mol. The fourth-order valence-corrected chi connectivity index (χ4v) is 4.95. The molecule has 2 aromatic heterocycles.